The average molecular weight is 391 g/mol. The number of hydrogen-bond donors (Lipinski definition) is 2. The molecule has 1 aliphatic rings. The number of nitrogens with one attached hydrogen (secondary N) is 1. The summed E-state index contributed by atoms with van der Waals surface area (Å²) >= 11 is 0. The highest BCUT2D eigenvalue weighted by molar-refractivity contribution is 6.45. The topological polar surface area (TPSA) is 112 Å². The summed E-state index contributed by atoms with van der Waals surface area (Å²) in [6.07, 6.45) is 3.00. The van der Waals surface area contributed by atoms with Crippen LogP contribution in [0.2, 0.25) is 0 Å². The van der Waals surface area contributed by atoms with Crippen molar-refractivity contribution < 1.29 is 14.4 Å². The van der Waals surface area contributed by atoms with Crippen LogP contribution in [0.5, 0.6) is 0 Å². The summed E-state index contributed by atoms with van der Waals surface area (Å²) in [6.45, 7) is 2.86. The molecule has 148 valence electrons. The molecule has 0 radical (unpaired) electrons. The molecule has 0 bridgehead atoms. The second-order valence-electron chi connectivity index (χ2n) is 7.12. The lowest BCUT2D eigenvalue weighted by molar-refractivity contribution is -0.130. The van der Waals surface area contributed by atoms with E-state index >= 15 is 0 Å². The predicted octanol–water partition coefficient (Wildman–Crippen LogP) is 1.70. The van der Waals surface area contributed by atoms with Crippen LogP contribution in [0.1, 0.15) is 27.6 Å². The van der Waals surface area contributed by atoms with Crippen LogP contribution in [-0.2, 0) is 4.79 Å². The van der Waals surface area contributed by atoms with E-state index in [-0.39, 0.29) is 17.5 Å². The summed E-state index contributed by atoms with van der Waals surface area (Å²) < 4.78 is 0. The molecular formula is C21H21N5O3. The molecule has 0 saturated carbocycles. The van der Waals surface area contributed by atoms with Crippen LogP contribution < -0.4 is 5.73 Å². The molecule has 0 aliphatic carbocycles. The molecule has 8 heteroatoms. The monoisotopic (exact) mass is 391 g/mol. The fourth-order valence-corrected chi connectivity index (χ4v) is 3.71. The molecule has 0 spiro atoms. The Balaban J connectivity index is 1.50. The van der Waals surface area contributed by atoms with Crippen LogP contribution in [-0.4, -0.2) is 63.0 Å². The van der Waals surface area contributed by atoms with Gasteiger partial charge in [0.25, 0.3) is 17.6 Å². The molecule has 2 aromatic heterocycles. The van der Waals surface area contributed by atoms with Gasteiger partial charge in [0.05, 0.1) is 10.9 Å². The maximum absolute atomic E-state index is 12.9. The number of nitrogen functional groups attached to an aromatic ring is 1. The summed E-state index contributed by atoms with van der Waals surface area (Å²) in [4.78, 5) is 48.7. The number of aromatic amines is 1. The number of nitrogens with two attached hydrogens (primary N) is 1. The van der Waals surface area contributed by atoms with E-state index in [1.165, 1.54) is 17.3 Å². The zero-order chi connectivity index (χ0) is 20.5. The van der Waals surface area contributed by atoms with Gasteiger partial charge in [-0.1, -0.05) is 18.2 Å². The Morgan fingerprint density at radius 3 is 2.62 bits per heavy atom. The molecule has 8 nitrogen and oxygen atoms in total. The van der Waals surface area contributed by atoms with Crippen LogP contribution in [0.15, 0.2) is 48.8 Å². The Kier molecular flexibility index (Phi) is 4.75. The summed E-state index contributed by atoms with van der Waals surface area (Å²) in [5, 5.41) is 0.455. The Morgan fingerprint density at radius 2 is 1.90 bits per heavy atom. The van der Waals surface area contributed by atoms with E-state index in [9.17, 15) is 14.4 Å². The summed E-state index contributed by atoms with van der Waals surface area (Å²) in [6, 6.07) is 10.3. The maximum Gasteiger partial charge on any atom is 0.295 e. The molecule has 4 rings (SSSR count). The lowest BCUT2D eigenvalue weighted by Crippen LogP contribution is -2.56. The normalized spacial score (nSPS) is 16.8. The van der Waals surface area contributed by atoms with Gasteiger partial charge >= 0.3 is 0 Å². The molecule has 3 heterocycles. The number of Topliss-reactive ketones (excluding diaryl/α,β-unsaturated/α-hetero) is 1. The Labute approximate surface area is 167 Å². The van der Waals surface area contributed by atoms with E-state index < -0.39 is 11.7 Å². The first-order valence-corrected chi connectivity index (χ1v) is 9.38. The number of H-pyrrole nitrogens is 1. The average Bonchev–Trinajstić information content (AvgIpc) is 3.18. The van der Waals surface area contributed by atoms with Crippen molar-refractivity contribution in [2.45, 2.75) is 13.0 Å². The third-order valence-corrected chi connectivity index (χ3v) is 5.24. The number of benzene rings is 1. The van der Waals surface area contributed by atoms with Gasteiger partial charge in [-0.15, -0.1) is 0 Å². The molecule has 1 aromatic carbocycles. The Bertz CT molecular complexity index is 1090. The number of aromatic nitrogens is 2. The first-order valence-electron chi connectivity index (χ1n) is 9.38. The Hall–Kier alpha value is -3.68. The second kappa shape index (κ2) is 7.38. The third-order valence-electron chi connectivity index (χ3n) is 5.24. The van der Waals surface area contributed by atoms with Crippen molar-refractivity contribution in [2.24, 2.45) is 0 Å². The van der Waals surface area contributed by atoms with E-state index in [0.29, 0.717) is 41.9 Å². The van der Waals surface area contributed by atoms with Crippen molar-refractivity contribution in [3.05, 3.63) is 59.9 Å². The highest BCUT2D eigenvalue weighted by atomic mass is 16.2. The van der Waals surface area contributed by atoms with Gasteiger partial charge in [0.2, 0.25) is 0 Å². The minimum Gasteiger partial charge on any atom is -0.398 e. The largest absolute Gasteiger partial charge is 0.398 e. The SMILES string of the molecule is CC1CN(C(=O)c2ccccc2)CCN1C(=O)C(=O)c1c[nH]c2nccc(N)c12. The lowest BCUT2D eigenvalue weighted by atomic mass is 10.1. The van der Waals surface area contributed by atoms with Crippen LogP contribution in [0.25, 0.3) is 11.0 Å². The fraction of sp³-hybridized carbons (Fsp3) is 0.238. The molecule has 2 amide bonds. The number of pyridine rings is 1. The highest BCUT2D eigenvalue weighted by Crippen LogP contribution is 2.24. The van der Waals surface area contributed by atoms with Gasteiger partial charge in [0, 0.05) is 49.3 Å². The number of carbonyl (C=O) groups excluding carboxylic acids is 3. The molecule has 3 aromatic rings. The number of fused-ring (bicyclic) bond motifs is 1. The lowest BCUT2D eigenvalue weighted by Gasteiger charge is -2.39. The van der Waals surface area contributed by atoms with E-state index in [1.807, 2.05) is 25.1 Å². The van der Waals surface area contributed by atoms with E-state index in [2.05, 4.69) is 9.97 Å². The van der Waals surface area contributed by atoms with Crippen LogP contribution in [0.4, 0.5) is 5.69 Å². The Morgan fingerprint density at radius 1 is 1.14 bits per heavy atom. The summed E-state index contributed by atoms with van der Waals surface area (Å²) in [7, 11) is 0. The van der Waals surface area contributed by atoms with Crippen LogP contribution >= 0.6 is 0 Å². The van der Waals surface area contributed by atoms with Gasteiger partial charge in [0.1, 0.15) is 5.65 Å². The smallest absolute Gasteiger partial charge is 0.295 e. The van der Waals surface area contributed by atoms with Gasteiger partial charge in [-0.05, 0) is 25.1 Å². The third kappa shape index (κ3) is 3.33. The molecule has 1 atom stereocenters. The van der Waals surface area contributed by atoms with Crippen LogP contribution in [0.3, 0.4) is 0 Å². The van der Waals surface area contributed by atoms with Gasteiger partial charge < -0.3 is 20.5 Å². The van der Waals surface area contributed by atoms with Crippen LogP contribution in [0, 0.1) is 0 Å². The van der Waals surface area contributed by atoms with Crippen molar-refractivity contribution in [2.75, 3.05) is 25.4 Å². The van der Waals surface area contributed by atoms with Gasteiger partial charge in [-0.2, -0.15) is 0 Å². The van der Waals surface area contributed by atoms with E-state index in [4.69, 9.17) is 5.73 Å². The fourth-order valence-electron chi connectivity index (χ4n) is 3.71. The highest BCUT2D eigenvalue weighted by Gasteiger charge is 2.34. The van der Waals surface area contributed by atoms with E-state index in [1.54, 1.807) is 23.1 Å². The number of amides is 2. The van der Waals surface area contributed by atoms with Crippen molar-refractivity contribution in [3.8, 4) is 0 Å². The van der Waals surface area contributed by atoms with Crippen molar-refractivity contribution in [1.29, 1.82) is 0 Å². The second-order valence-corrected chi connectivity index (χ2v) is 7.12. The molecular weight excluding hydrogens is 370 g/mol. The molecule has 29 heavy (non-hydrogen) atoms. The number of rotatable bonds is 3. The van der Waals surface area contributed by atoms with Gasteiger partial charge in [0.15, 0.2) is 0 Å². The molecule has 1 saturated heterocycles. The number of anilines is 1. The zero-order valence-corrected chi connectivity index (χ0v) is 16.0. The van der Waals surface area contributed by atoms with Crippen molar-refractivity contribution >= 4 is 34.3 Å². The van der Waals surface area contributed by atoms with Gasteiger partial charge in [-0.3, -0.25) is 14.4 Å². The maximum atomic E-state index is 12.9. The first kappa shape index (κ1) is 18.7. The predicted molar refractivity (Wildman–Crippen MR) is 108 cm³/mol. The van der Waals surface area contributed by atoms with Crippen molar-refractivity contribution in [1.82, 2.24) is 19.8 Å². The minimum atomic E-state index is -0.634. The standard InChI is InChI=1S/C21H21N5O3/c1-13-12-25(20(28)14-5-3-2-4-6-14)9-10-26(13)21(29)18(27)15-11-24-19-17(15)16(22)7-8-23-19/h2-8,11,13H,9-10,12H2,1H3,(H3,22,23,24). The number of hydrogen-bond acceptors (Lipinski definition) is 5. The first-order chi connectivity index (χ1) is 14.0. The molecule has 1 aliphatic heterocycles. The summed E-state index contributed by atoms with van der Waals surface area (Å²) in [5.74, 6) is -1.31. The molecule has 1 fully saturated rings. The molecule has 1 unspecified atom stereocenters. The molecule has 3 N–H and O–H groups in total. The quantitative estimate of drug-likeness (QED) is 0.521. The van der Waals surface area contributed by atoms with E-state index in [0.717, 1.165) is 0 Å². The number of piperazine rings is 1. The van der Waals surface area contributed by atoms with Crippen molar-refractivity contribution in [3.63, 3.8) is 0 Å². The number of carbonyl (C=O) groups is 3. The number of ketones is 1. The number of nitrogens with zero attached hydrogens (tertiary/aromatic N) is 3. The minimum absolute atomic E-state index is 0.0775. The van der Waals surface area contributed by atoms with Gasteiger partial charge in [-0.25, -0.2) is 4.98 Å². The zero-order valence-electron chi connectivity index (χ0n) is 16.0. The summed E-state index contributed by atoms with van der Waals surface area (Å²) in [5.41, 5.74) is 7.65.